The molecular formula is C8H20BO12P3S2. The van der Waals surface area contributed by atoms with Crippen LogP contribution in [0.2, 0.25) is 0 Å². The fourth-order valence-electron chi connectivity index (χ4n) is 1.70. The zero-order chi connectivity index (χ0) is 19.3. The van der Waals surface area contributed by atoms with Gasteiger partial charge in [-0.25, -0.2) is 13.7 Å². The quantitative estimate of drug-likeness (QED) is 0.111. The molecule has 0 aromatic carbocycles. The fourth-order valence-corrected chi connectivity index (χ4v) is 5.52. The van der Waals surface area contributed by atoms with Gasteiger partial charge in [0.2, 0.25) is 0 Å². The van der Waals surface area contributed by atoms with E-state index in [1.165, 1.54) is 21.6 Å². The molecular weight excluding hydrogens is 456 g/mol. The first-order valence-electron chi connectivity index (χ1n) is 6.30. The van der Waals surface area contributed by atoms with Gasteiger partial charge < -0.3 is 29.0 Å². The molecule has 1 heterocycles. The van der Waals surface area contributed by atoms with Crippen LogP contribution in [-0.4, -0.2) is 64.4 Å². The molecule has 2 radical (unpaired) electrons. The van der Waals surface area contributed by atoms with Gasteiger partial charge in [0.1, 0.15) is 19.9 Å². The Morgan fingerprint density at radius 1 is 1.15 bits per heavy atom. The fraction of sp³-hybridized carbons (Fsp3) is 1.00. The van der Waals surface area contributed by atoms with Gasteiger partial charge in [-0.05, 0) is 12.7 Å². The summed E-state index contributed by atoms with van der Waals surface area (Å²) >= 11 is 0. The lowest BCUT2D eigenvalue weighted by atomic mass is 9.96. The molecule has 0 saturated carbocycles. The first-order chi connectivity index (χ1) is 11.3. The van der Waals surface area contributed by atoms with Crippen LogP contribution in [0.5, 0.6) is 0 Å². The van der Waals surface area contributed by atoms with Gasteiger partial charge in [-0.15, -0.1) is 0 Å². The zero-order valence-corrected chi connectivity index (χ0v) is 17.0. The standard InChI is InChI=1S/C7H16BO12P3S2.CH4/c1-24-25-4-16-5-2-7(8)18-6(5)3-17-22(12,13)20-23(14,15)19-21(9,10)11;/h5-7H,2-4H2,1H3,(H,12,13)(H,14,15)(H2,9,10,11);1H4/t5-,6+,7+;/m0./s1. The second-order valence-corrected chi connectivity index (χ2v) is 11.4. The highest BCUT2D eigenvalue weighted by Crippen LogP contribution is 2.66. The molecule has 5 atom stereocenters. The molecule has 154 valence electrons. The van der Waals surface area contributed by atoms with Crippen LogP contribution in [0, 0.1) is 0 Å². The predicted molar refractivity (Wildman–Crippen MR) is 96.4 cm³/mol. The van der Waals surface area contributed by atoms with Crippen molar-refractivity contribution < 1.29 is 55.9 Å². The third-order valence-corrected chi connectivity index (χ3v) is 7.76. The van der Waals surface area contributed by atoms with Crippen LogP contribution >= 0.6 is 45.1 Å². The summed E-state index contributed by atoms with van der Waals surface area (Å²) in [6, 6.07) is -0.696. The Morgan fingerprint density at radius 2 is 1.77 bits per heavy atom. The first kappa shape index (κ1) is 27.1. The van der Waals surface area contributed by atoms with Gasteiger partial charge in [0.25, 0.3) is 0 Å². The molecule has 18 heteroatoms. The maximum Gasteiger partial charge on any atom is 0.490 e. The smallest absolute Gasteiger partial charge is 0.380 e. The van der Waals surface area contributed by atoms with E-state index in [9.17, 15) is 18.6 Å². The Kier molecular flexibility index (Phi) is 11.8. The Hall–Kier alpha value is 1.09. The van der Waals surface area contributed by atoms with Crippen LogP contribution in [0.4, 0.5) is 0 Å². The summed E-state index contributed by atoms with van der Waals surface area (Å²) < 4.78 is 55.8. The molecule has 2 unspecified atom stereocenters. The third kappa shape index (κ3) is 11.2. The first-order valence-corrected chi connectivity index (χ1v) is 13.5. The third-order valence-electron chi connectivity index (χ3n) is 2.49. The molecule has 0 aromatic heterocycles. The normalized spacial score (nSPS) is 28.1. The molecule has 1 rings (SSSR count). The van der Waals surface area contributed by atoms with Crippen molar-refractivity contribution in [3.05, 3.63) is 0 Å². The predicted octanol–water partition coefficient (Wildman–Crippen LogP) is 1.60. The van der Waals surface area contributed by atoms with Crippen molar-refractivity contribution in [1.29, 1.82) is 0 Å². The molecule has 1 saturated heterocycles. The Morgan fingerprint density at radius 3 is 2.31 bits per heavy atom. The molecule has 0 amide bonds. The van der Waals surface area contributed by atoms with Crippen LogP contribution in [-0.2, 0) is 36.3 Å². The van der Waals surface area contributed by atoms with E-state index >= 15 is 0 Å². The second-order valence-electron chi connectivity index (χ2n) is 4.44. The number of hydrogen-bond donors (Lipinski definition) is 4. The monoisotopic (exact) mass is 476 g/mol. The van der Waals surface area contributed by atoms with E-state index in [0.29, 0.717) is 12.4 Å². The van der Waals surface area contributed by atoms with Crippen molar-refractivity contribution in [1.82, 2.24) is 0 Å². The molecule has 0 bridgehead atoms. The topological polar surface area (TPSA) is 178 Å². The van der Waals surface area contributed by atoms with Crippen LogP contribution < -0.4 is 0 Å². The summed E-state index contributed by atoms with van der Waals surface area (Å²) in [5.74, 6) is 0.299. The van der Waals surface area contributed by atoms with Crippen molar-refractivity contribution in [2.24, 2.45) is 0 Å². The van der Waals surface area contributed by atoms with Crippen molar-refractivity contribution in [2.75, 3.05) is 18.8 Å². The lowest BCUT2D eigenvalue weighted by molar-refractivity contribution is -0.0237. The summed E-state index contributed by atoms with van der Waals surface area (Å²) in [5.41, 5.74) is 0. The highest BCUT2D eigenvalue weighted by atomic mass is 33.1. The highest BCUT2D eigenvalue weighted by molar-refractivity contribution is 8.76. The van der Waals surface area contributed by atoms with E-state index in [-0.39, 0.29) is 7.43 Å². The number of rotatable bonds is 11. The van der Waals surface area contributed by atoms with E-state index in [2.05, 4.69) is 13.1 Å². The second kappa shape index (κ2) is 11.3. The minimum absolute atomic E-state index is 0. The molecule has 0 spiro atoms. The van der Waals surface area contributed by atoms with Gasteiger partial charge in [0.05, 0.1) is 12.7 Å². The summed E-state index contributed by atoms with van der Waals surface area (Å²) in [5, 5.41) is 0. The van der Waals surface area contributed by atoms with E-state index in [0.717, 1.165) is 0 Å². The van der Waals surface area contributed by atoms with Gasteiger partial charge in [-0.2, -0.15) is 8.62 Å². The van der Waals surface area contributed by atoms with Gasteiger partial charge in [-0.3, -0.25) is 4.52 Å². The largest absolute Gasteiger partial charge is 0.490 e. The number of phosphoric ester groups is 1. The maximum absolute atomic E-state index is 11.6. The van der Waals surface area contributed by atoms with Crippen LogP contribution in [0.3, 0.4) is 0 Å². The van der Waals surface area contributed by atoms with Gasteiger partial charge >= 0.3 is 23.5 Å². The molecule has 0 aliphatic carbocycles. The number of hydrogen-bond acceptors (Lipinski definition) is 10. The lowest BCUT2D eigenvalue weighted by Crippen LogP contribution is -2.28. The highest BCUT2D eigenvalue weighted by Gasteiger charge is 2.42. The molecule has 0 aromatic rings. The average Bonchev–Trinajstić information content (AvgIpc) is 2.73. The summed E-state index contributed by atoms with van der Waals surface area (Å²) in [6.07, 6.45) is 0.723. The summed E-state index contributed by atoms with van der Waals surface area (Å²) in [6.45, 7) is -0.591. The SMILES string of the molecule is C.[B][C@H]1C[C@H](OCSSC)[C@@H](COP(=O)(O)OP(=O)(O)OP(=O)(O)O)O1. The Balaban J connectivity index is 0.00000625. The molecule has 4 N–H and O–H groups in total. The van der Waals surface area contributed by atoms with Crippen molar-refractivity contribution in [3.63, 3.8) is 0 Å². The van der Waals surface area contributed by atoms with Crippen molar-refractivity contribution in [3.8, 4) is 0 Å². The number of ether oxygens (including phenoxy) is 2. The van der Waals surface area contributed by atoms with Crippen LogP contribution in [0.25, 0.3) is 0 Å². The van der Waals surface area contributed by atoms with Crippen LogP contribution in [0.15, 0.2) is 0 Å². The Labute approximate surface area is 159 Å². The van der Waals surface area contributed by atoms with Crippen molar-refractivity contribution in [2.45, 2.75) is 32.1 Å². The molecule has 1 aliphatic rings. The van der Waals surface area contributed by atoms with E-state index in [1.807, 2.05) is 6.26 Å². The number of phosphoric acid groups is 3. The summed E-state index contributed by atoms with van der Waals surface area (Å²) in [4.78, 5) is 35.3. The minimum Gasteiger partial charge on any atom is -0.380 e. The van der Waals surface area contributed by atoms with Crippen LogP contribution in [0.1, 0.15) is 13.8 Å². The van der Waals surface area contributed by atoms with E-state index in [1.54, 1.807) is 0 Å². The van der Waals surface area contributed by atoms with Gasteiger partial charge in [0.15, 0.2) is 0 Å². The molecule has 1 aliphatic heterocycles. The zero-order valence-electron chi connectivity index (χ0n) is 12.6. The maximum atomic E-state index is 11.6. The lowest BCUT2D eigenvalue weighted by Gasteiger charge is -2.21. The summed E-state index contributed by atoms with van der Waals surface area (Å²) in [7, 11) is -7.71. The Bertz CT molecular complexity index is 575. The molecule has 26 heavy (non-hydrogen) atoms. The van der Waals surface area contributed by atoms with Gasteiger partial charge in [0, 0.05) is 6.00 Å². The van der Waals surface area contributed by atoms with Crippen molar-refractivity contribution >= 4 is 52.9 Å². The van der Waals surface area contributed by atoms with E-state index in [4.69, 9.17) is 32.0 Å². The minimum atomic E-state index is -5.55. The molecule has 12 nitrogen and oxygen atoms in total. The molecule has 1 fully saturated rings. The van der Waals surface area contributed by atoms with Gasteiger partial charge in [-0.1, -0.05) is 29.0 Å². The van der Waals surface area contributed by atoms with E-state index < -0.39 is 48.3 Å². The average molecular weight is 476 g/mol.